The summed E-state index contributed by atoms with van der Waals surface area (Å²) in [4.78, 5) is 30.3. The summed E-state index contributed by atoms with van der Waals surface area (Å²) in [5.74, 6) is -2.32. The second-order valence-electron chi connectivity index (χ2n) is 6.94. The lowest BCUT2D eigenvalue weighted by molar-refractivity contribution is -0.112. The molecule has 7 nitrogen and oxygen atoms in total. The number of hydrogen-bond donors (Lipinski definition) is 2. The standard InChI is InChI=1S/C25H19N4O3/c1-17-9-11-19(12-10-17)20(15-18-7-3-2-4-8-18)21(22(30)24-26-16-27-28-24)23(31)25(32)29-13-5-6-14-29/h2-16,30H,1H2,(H,26,27,28). The van der Waals surface area contributed by atoms with Crippen LogP contribution in [0.15, 0.2) is 91.0 Å². The average molecular weight is 423 g/mol. The van der Waals surface area contributed by atoms with Gasteiger partial charge in [0.05, 0.1) is 5.57 Å². The highest BCUT2D eigenvalue weighted by atomic mass is 16.3. The van der Waals surface area contributed by atoms with Gasteiger partial charge in [-0.2, -0.15) is 5.10 Å². The number of nitrogens with zero attached hydrogens (tertiary/aromatic N) is 3. The van der Waals surface area contributed by atoms with Crippen molar-refractivity contribution < 1.29 is 14.7 Å². The van der Waals surface area contributed by atoms with Gasteiger partial charge < -0.3 is 5.11 Å². The van der Waals surface area contributed by atoms with Crippen LogP contribution in [0.5, 0.6) is 0 Å². The van der Waals surface area contributed by atoms with Crippen molar-refractivity contribution in [3.05, 3.63) is 120 Å². The number of benzene rings is 2. The molecule has 0 aliphatic rings. The van der Waals surface area contributed by atoms with Crippen molar-refractivity contribution in [3.63, 3.8) is 0 Å². The normalized spacial score (nSPS) is 12.3. The second-order valence-corrected chi connectivity index (χ2v) is 6.94. The lowest BCUT2D eigenvalue weighted by Gasteiger charge is -2.14. The van der Waals surface area contributed by atoms with Gasteiger partial charge in [-0.15, -0.1) is 0 Å². The molecule has 0 unspecified atom stereocenters. The minimum absolute atomic E-state index is 0.0959. The Bertz CT molecular complexity index is 1290. The molecule has 2 aromatic heterocycles. The number of carbonyl (C=O) groups is 2. The first-order valence-corrected chi connectivity index (χ1v) is 9.75. The number of aromatic nitrogens is 4. The number of allylic oxidation sites excluding steroid dienone is 2. The van der Waals surface area contributed by atoms with Gasteiger partial charge in [-0.1, -0.05) is 54.6 Å². The number of hydrogen-bond acceptors (Lipinski definition) is 5. The Labute approximate surface area is 184 Å². The number of H-pyrrole nitrogens is 1. The molecule has 1 radical (unpaired) electrons. The zero-order valence-corrected chi connectivity index (χ0v) is 17.0. The summed E-state index contributed by atoms with van der Waals surface area (Å²) in [5, 5.41) is 17.4. The summed E-state index contributed by atoms with van der Waals surface area (Å²) < 4.78 is 1.16. The summed E-state index contributed by atoms with van der Waals surface area (Å²) >= 11 is 0. The molecule has 32 heavy (non-hydrogen) atoms. The highest BCUT2D eigenvalue weighted by Gasteiger charge is 2.29. The van der Waals surface area contributed by atoms with Gasteiger partial charge in [0.1, 0.15) is 6.33 Å². The van der Waals surface area contributed by atoms with Crippen molar-refractivity contribution in [2.75, 3.05) is 0 Å². The van der Waals surface area contributed by atoms with Crippen LogP contribution in [0.4, 0.5) is 0 Å². The lowest BCUT2D eigenvalue weighted by atomic mass is 9.90. The molecule has 2 heterocycles. The fourth-order valence-electron chi connectivity index (χ4n) is 3.19. The summed E-state index contributed by atoms with van der Waals surface area (Å²) in [6, 6.07) is 19.7. The number of Topliss-reactive ketones (excluding diaryl/α,β-unsaturated/α-hetero) is 1. The molecule has 0 bridgehead atoms. The van der Waals surface area contributed by atoms with Crippen molar-refractivity contribution >= 4 is 29.1 Å². The van der Waals surface area contributed by atoms with Gasteiger partial charge in [-0.05, 0) is 47.4 Å². The zero-order valence-electron chi connectivity index (χ0n) is 17.0. The van der Waals surface area contributed by atoms with Gasteiger partial charge in [0, 0.05) is 12.4 Å². The third kappa shape index (κ3) is 4.32. The molecule has 0 fully saturated rings. The maximum atomic E-state index is 13.4. The van der Waals surface area contributed by atoms with E-state index in [2.05, 4.69) is 22.1 Å². The monoisotopic (exact) mass is 423 g/mol. The number of rotatable bonds is 6. The van der Waals surface area contributed by atoms with Gasteiger partial charge >= 0.3 is 5.91 Å². The molecule has 0 saturated heterocycles. The molecule has 0 amide bonds. The summed E-state index contributed by atoms with van der Waals surface area (Å²) in [7, 11) is 0. The maximum Gasteiger partial charge on any atom is 0.303 e. The van der Waals surface area contributed by atoms with Gasteiger partial charge in [0.15, 0.2) is 5.76 Å². The number of ketones is 1. The summed E-state index contributed by atoms with van der Waals surface area (Å²) in [5.41, 5.74) is 2.33. The van der Waals surface area contributed by atoms with Crippen LogP contribution in [0.2, 0.25) is 0 Å². The van der Waals surface area contributed by atoms with Gasteiger partial charge in [0.2, 0.25) is 5.82 Å². The fraction of sp³-hybridized carbons (Fsp3) is 0. The Balaban J connectivity index is 1.96. The Hall–Kier alpha value is -4.52. The molecule has 7 heteroatoms. The van der Waals surface area contributed by atoms with Crippen molar-refractivity contribution in [1.82, 2.24) is 19.7 Å². The maximum absolute atomic E-state index is 13.4. The molecule has 4 aromatic rings. The topological polar surface area (TPSA) is 101 Å². The van der Waals surface area contributed by atoms with Crippen LogP contribution in [-0.4, -0.2) is 36.5 Å². The van der Waals surface area contributed by atoms with E-state index < -0.39 is 17.4 Å². The third-order valence-electron chi connectivity index (χ3n) is 4.77. The van der Waals surface area contributed by atoms with E-state index in [-0.39, 0.29) is 11.4 Å². The van der Waals surface area contributed by atoms with E-state index in [9.17, 15) is 14.7 Å². The van der Waals surface area contributed by atoms with Crippen LogP contribution in [0, 0.1) is 6.92 Å². The smallest absolute Gasteiger partial charge is 0.303 e. The van der Waals surface area contributed by atoms with E-state index in [1.54, 1.807) is 42.5 Å². The van der Waals surface area contributed by atoms with Gasteiger partial charge in [-0.3, -0.25) is 19.3 Å². The van der Waals surface area contributed by atoms with Gasteiger partial charge in [0.25, 0.3) is 5.78 Å². The third-order valence-corrected chi connectivity index (χ3v) is 4.77. The number of carbonyl (C=O) groups excluding carboxylic acids is 2. The first kappa shape index (κ1) is 20.7. The lowest BCUT2D eigenvalue weighted by Crippen LogP contribution is -2.24. The number of nitrogens with one attached hydrogen (secondary N) is 1. The quantitative estimate of drug-likeness (QED) is 0.159. The first-order chi connectivity index (χ1) is 15.5. The minimum atomic E-state index is -0.899. The molecule has 0 atom stereocenters. The van der Waals surface area contributed by atoms with E-state index in [1.165, 1.54) is 18.7 Å². The van der Waals surface area contributed by atoms with E-state index in [1.807, 2.05) is 30.3 Å². The molecular formula is C25H19N4O3. The van der Waals surface area contributed by atoms with E-state index in [0.717, 1.165) is 15.7 Å². The molecule has 2 N–H and O–H groups in total. The molecular weight excluding hydrogens is 404 g/mol. The van der Waals surface area contributed by atoms with Crippen molar-refractivity contribution in [3.8, 4) is 0 Å². The first-order valence-electron chi connectivity index (χ1n) is 9.75. The number of aliphatic hydroxyl groups excluding tert-OH is 1. The Morgan fingerprint density at radius 2 is 1.66 bits per heavy atom. The summed E-state index contributed by atoms with van der Waals surface area (Å²) in [6.45, 7) is 3.89. The average Bonchev–Trinajstić information content (AvgIpc) is 3.54. The Kier molecular flexibility index (Phi) is 5.89. The van der Waals surface area contributed by atoms with Crippen LogP contribution in [0.3, 0.4) is 0 Å². The molecule has 0 aliphatic heterocycles. The van der Waals surface area contributed by atoms with E-state index >= 15 is 0 Å². The fourth-order valence-corrected chi connectivity index (χ4v) is 3.19. The Morgan fingerprint density at radius 3 is 2.28 bits per heavy atom. The van der Waals surface area contributed by atoms with E-state index in [0.29, 0.717) is 11.1 Å². The highest BCUT2D eigenvalue weighted by molar-refractivity contribution is 6.48. The van der Waals surface area contributed by atoms with Crippen molar-refractivity contribution in [1.29, 1.82) is 0 Å². The van der Waals surface area contributed by atoms with Crippen LogP contribution < -0.4 is 0 Å². The van der Waals surface area contributed by atoms with E-state index in [4.69, 9.17) is 0 Å². The number of aromatic amines is 1. The second kappa shape index (κ2) is 9.09. The largest absolute Gasteiger partial charge is 0.504 e. The molecule has 2 aromatic carbocycles. The number of aliphatic hydroxyl groups is 1. The predicted octanol–water partition coefficient (Wildman–Crippen LogP) is 4.21. The van der Waals surface area contributed by atoms with Crippen LogP contribution in [0.1, 0.15) is 27.3 Å². The molecule has 4 rings (SSSR count). The van der Waals surface area contributed by atoms with Crippen LogP contribution in [-0.2, 0) is 4.79 Å². The molecule has 157 valence electrons. The highest BCUT2D eigenvalue weighted by Crippen LogP contribution is 2.31. The van der Waals surface area contributed by atoms with Crippen LogP contribution >= 0.6 is 0 Å². The molecule has 0 saturated carbocycles. The van der Waals surface area contributed by atoms with Crippen molar-refractivity contribution in [2.24, 2.45) is 0 Å². The van der Waals surface area contributed by atoms with Crippen LogP contribution in [0.25, 0.3) is 17.4 Å². The summed E-state index contributed by atoms with van der Waals surface area (Å²) in [6.07, 6.45) is 5.95. The SMILES string of the molecule is [CH2]c1ccc(C(=Cc2ccccc2)C(C(=O)C(=O)n2cccc2)=C(O)c2nc[nH]n2)cc1. The molecule has 0 aliphatic carbocycles. The minimum Gasteiger partial charge on any atom is -0.504 e. The zero-order chi connectivity index (χ0) is 22.5. The Morgan fingerprint density at radius 1 is 0.969 bits per heavy atom. The predicted molar refractivity (Wildman–Crippen MR) is 121 cm³/mol. The molecule has 0 spiro atoms. The van der Waals surface area contributed by atoms with Crippen molar-refractivity contribution in [2.45, 2.75) is 0 Å². The van der Waals surface area contributed by atoms with Gasteiger partial charge in [-0.25, -0.2) is 4.98 Å².